The highest BCUT2D eigenvalue weighted by atomic mass is 32.2. The zero-order chi connectivity index (χ0) is 20.9. The molecule has 8 heteroatoms. The number of hydrogen-bond acceptors (Lipinski definition) is 6. The van der Waals surface area contributed by atoms with E-state index in [1.807, 2.05) is 36.4 Å². The highest BCUT2D eigenvalue weighted by Gasteiger charge is 2.19. The molecule has 31 heavy (non-hydrogen) atoms. The fourth-order valence-corrected chi connectivity index (χ4v) is 5.94. The molecule has 3 aromatic heterocycles. The number of H-pyrrole nitrogens is 2. The topological polar surface area (TPSA) is 53.7 Å². The van der Waals surface area contributed by atoms with Gasteiger partial charge in [-0.05, 0) is 60.1 Å². The summed E-state index contributed by atoms with van der Waals surface area (Å²) in [4.78, 5) is 14.4. The normalized spacial score (nSPS) is 12.3. The van der Waals surface area contributed by atoms with Crippen molar-refractivity contribution in [3.8, 4) is 33.2 Å². The average molecular weight is 476 g/mol. The number of pyridine rings is 1. The van der Waals surface area contributed by atoms with Gasteiger partial charge in [0, 0.05) is 16.0 Å². The van der Waals surface area contributed by atoms with Crippen LogP contribution in [-0.4, -0.2) is 15.0 Å². The Balaban J connectivity index is 1.55. The SMILES string of the molecule is S=c1[nH]c(=S)c2c(-c3cccs3)cc(-c3ccc4c(c3)Sc3ccccc3O4)nc2[nH]1. The smallest absolute Gasteiger partial charge is 0.177 e. The molecule has 0 bridgehead atoms. The molecule has 0 atom stereocenters. The molecule has 0 unspecified atom stereocenters. The number of fused-ring (bicyclic) bond motifs is 3. The van der Waals surface area contributed by atoms with Gasteiger partial charge in [-0.3, -0.25) is 0 Å². The van der Waals surface area contributed by atoms with Crippen molar-refractivity contribution in [2.45, 2.75) is 9.79 Å². The van der Waals surface area contributed by atoms with Crippen LogP contribution in [0.5, 0.6) is 11.5 Å². The first-order valence-electron chi connectivity index (χ1n) is 9.46. The number of para-hydroxylation sites is 1. The monoisotopic (exact) mass is 475 g/mol. The van der Waals surface area contributed by atoms with Crippen LogP contribution in [-0.2, 0) is 0 Å². The molecule has 1 aliphatic rings. The van der Waals surface area contributed by atoms with Gasteiger partial charge in [0.15, 0.2) is 4.77 Å². The van der Waals surface area contributed by atoms with Crippen molar-refractivity contribution >= 4 is 58.6 Å². The molecule has 6 rings (SSSR count). The van der Waals surface area contributed by atoms with Crippen LogP contribution in [0.15, 0.2) is 75.8 Å². The molecule has 0 spiro atoms. The maximum absolute atomic E-state index is 6.08. The molecule has 0 fully saturated rings. The molecular formula is C23H13N3OS4. The second-order valence-corrected chi connectivity index (χ2v) is 9.82. The fraction of sp³-hybridized carbons (Fsp3) is 0. The number of rotatable bonds is 2. The lowest BCUT2D eigenvalue weighted by Crippen LogP contribution is -1.97. The van der Waals surface area contributed by atoms with Crippen molar-refractivity contribution in [2.75, 3.05) is 0 Å². The van der Waals surface area contributed by atoms with E-state index in [0.29, 0.717) is 15.1 Å². The van der Waals surface area contributed by atoms with Gasteiger partial charge in [-0.15, -0.1) is 11.3 Å². The van der Waals surface area contributed by atoms with E-state index in [1.54, 1.807) is 23.1 Å². The molecule has 0 radical (unpaired) electrons. The summed E-state index contributed by atoms with van der Waals surface area (Å²) in [6.07, 6.45) is 0. The molecule has 0 amide bonds. The maximum Gasteiger partial charge on any atom is 0.177 e. The number of nitrogens with one attached hydrogen (secondary N) is 2. The lowest BCUT2D eigenvalue weighted by molar-refractivity contribution is 0.454. The van der Waals surface area contributed by atoms with Crippen LogP contribution >= 0.6 is 47.5 Å². The van der Waals surface area contributed by atoms with Gasteiger partial charge in [0.25, 0.3) is 0 Å². The first kappa shape index (κ1) is 18.9. The van der Waals surface area contributed by atoms with Crippen molar-refractivity contribution in [3.63, 3.8) is 0 Å². The summed E-state index contributed by atoms with van der Waals surface area (Å²) < 4.78 is 7.13. The molecule has 5 aromatic rings. The van der Waals surface area contributed by atoms with Crippen molar-refractivity contribution in [2.24, 2.45) is 0 Å². The van der Waals surface area contributed by atoms with E-state index >= 15 is 0 Å². The van der Waals surface area contributed by atoms with E-state index in [9.17, 15) is 0 Å². The molecule has 2 aromatic carbocycles. The van der Waals surface area contributed by atoms with Gasteiger partial charge in [0.05, 0.1) is 20.9 Å². The van der Waals surface area contributed by atoms with E-state index in [2.05, 4.69) is 39.6 Å². The Bertz CT molecular complexity index is 1590. The van der Waals surface area contributed by atoms with Crippen LogP contribution in [0.25, 0.3) is 32.7 Å². The van der Waals surface area contributed by atoms with Crippen LogP contribution in [0, 0.1) is 9.41 Å². The van der Waals surface area contributed by atoms with Crippen LogP contribution < -0.4 is 4.74 Å². The summed E-state index contributed by atoms with van der Waals surface area (Å²) in [5, 5.41) is 2.93. The minimum absolute atomic E-state index is 0.463. The molecule has 4 heterocycles. The number of benzene rings is 2. The standard InChI is InChI=1S/C23H13N3OS4/c28-22-20-13(17-6-3-9-30-17)11-14(24-21(20)25-23(29)26-22)12-7-8-16-19(10-12)31-18-5-2-1-4-15(18)27-16/h1-11H,(H2,24,25,26,28,29). The lowest BCUT2D eigenvalue weighted by Gasteiger charge is -2.20. The maximum atomic E-state index is 6.08. The van der Waals surface area contributed by atoms with Gasteiger partial charge in [-0.25, -0.2) is 4.98 Å². The second-order valence-electron chi connectivity index (χ2n) is 6.98. The van der Waals surface area contributed by atoms with Gasteiger partial charge in [-0.2, -0.15) is 0 Å². The lowest BCUT2D eigenvalue weighted by atomic mass is 10.1. The average Bonchev–Trinajstić information content (AvgIpc) is 3.31. The van der Waals surface area contributed by atoms with Crippen molar-refractivity contribution in [1.29, 1.82) is 0 Å². The molecule has 2 N–H and O–H groups in total. The van der Waals surface area contributed by atoms with Gasteiger partial charge in [-0.1, -0.05) is 42.2 Å². The minimum atomic E-state index is 0.463. The molecule has 1 aliphatic heterocycles. The van der Waals surface area contributed by atoms with Gasteiger partial charge in [0.1, 0.15) is 21.8 Å². The van der Waals surface area contributed by atoms with Gasteiger partial charge >= 0.3 is 0 Å². The number of thiophene rings is 1. The Hall–Kier alpha value is -2.78. The summed E-state index contributed by atoms with van der Waals surface area (Å²) in [5.74, 6) is 1.74. The number of aromatic nitrogens is 3. The van der Waals surface area contributed by atoms with E-state index in [1.165, 1.54) is 0 Å². The van der Waals surface area contributed by atoms with E-state index in [4.69, 9.17) is 34.2 Å². The Morgan fingerprint density at radius 3 is 2.61 bits per heavy atom. The number of ether oxygens (including phenoxy) is 1. The molecular weight excluding hydrogens is 463 g/mol. The quantitative estimate of drug-likeness (QED) is 0.248. The molecule has 4 nitrogen and oxygen atoms in total. The summed E-state index contributed by atoms with van der Waals surface area (Å²) in [6.45, 7) is 0. The van der Waals surface area contributed by atoms with Crippen molar-refractivity contribution < 1.29 is 4.74 Å². The molecule has 0 saturated carbocycles. The van der Waals surface area contributed by atoms with Crippen molar-refractivity contribution in [3.05, 3.63) is 75.5 Å². The molecule has 0 aliphatic carbocycles. The Labute approximate surface area is 196 Å². The number of aromatic amines is 2. The summed E-state index contributed by atoms with van der Waals surface area (Å²) in [5.41, 5.74) is 3.58. The predicted octanol–water partition coefficient (Wildman–Crippen LogP) is 8.00. The van der Waals surface area contributed by atoms with Gasteiger partial charge in [0.2, 0.25) is 0 Å². The zero-order valence-corrected chi connectivity index (χ0v) is 19.1. The predicted molar refractivity (Wildman–Crippen MR) is 132 cm³/mol. The third-order valence-electron chi connectivity index (χ3n) is 5.02. The molecule has 150 valence electrons. The third-order valence-corrected chi connectivity index (χ3v) is 7.53. The summed E-state index contributed by atoms with van der Waals surface area (Å²) in [7, 11) is 0. The second kappa shape index (κ2) is 7.42. The third kappa shape index (κ3) is 3.32. The van der Waals surface area contributed by atoms with Crippen LogP contribution in [0.3, 0.4) is 0 Å². The van der Waals surface area contributed by atoms with E-state index in [-0.39, 0.29) is 0 Å². The first-order chi connectivity index (χ1) is 15.2. The minimum Gasteiger partial charge on any atom is -0.455 e. The van der Waals surface area contributed by atoms with E-state index in [0.717, 1.165) is 48.4 Å². The summed E-state index contributed by atoms with van der Waals surface area (Å²) >= 11 is 14.3. The Morgan fingerprint density at radius 2 is 1.74 bits per heavy atom. The summed E-state index contributed by atoms with van der Waals surface area (Å²) in [6, 6.07) is 20.5. The van der Waals surface area contributed by atoms with Crippen LogP contribution in [0.2, 0.25) is 0 Å². The van der Waals surface area contributed by atoms with Crippen LogP contribution in [0.4, 0.5) is 0 Å². The molecule has 0 saturated heterocycles. The van der Waals surface area contributed by atoms with Crippen molar-refractivity contribution in [1.82, 2.24) is 15.0 Å². The number of hydrogen-bond donors (Lipinski definition) is 2. The zero-order valence-electron chi connectivity index (χ0n) is 15.8. The highest BCUT2D eigenvalue weighted by molar-refractivity contribution is 7.99. The Kier molecular flexibility index (Phi) is 4.53. The highest BCUT2D eigenvalue weighted by Crippen LogP contribution is 2.48. The van der Waals surface area contributed by atoms with Gasteiger partial charge < -0.3 is 14.7 Å². The Morgan fingerprint density at radius 1 is 0.871 bits per heavy atom. The first-order valence-corrected chi connectivity index (χ1v) is 12.0. The van der Waals surface area contributed by atoms with E-state index < -0.39 is 0 Å². The largest absolute Gasteiger partial charge is 0.455 e. The fourth-order valence-electron chi connectivity index (χ4n) is 3.63. The number of nitrogens with zero attached hydrogens (tertiary/aromatic N) is 1. The van der Waals surface area contributed by atoms with Crippen LogP contribution in [0.1, 0.15) is 0 Å².